The minimum absolute atomic E-state index is 0.0595. The van der Waals surface area contributed by atoms with Gasteiger partial charge in [0.25, 0.3) is 0 Å². The van der Waals surface area contributed by atoms with Gasteiger partial charge in [0.2, 0.25) is 0 Å². The molecule has 0 aliphatic heterocycles. The highest BCUT2D eigenvalue weighted by Gasteiger charge is 2.15. The lowest BCUT2D eigenvalue weighted by atomic mass is 9.90. The smallest absolute Gasteiger partial charge is 0.123 e. The molecule has 0 spiro atoms. The topological polar surface area (TPSA) is 26.0 Å². The van der Waals surface area contributed by atoms with Crippen LogP contribution in [0.1, 0.15) is 37.4 Å². The third kappa shape index (κ3) is 2.32. The molecule has 14 heavy (non-hydrogen) atoms. The fourth-order valence-electron chi connectivity index (χ4n) is 1.53. The number of hydrogen-bond donors (Lipinski definition) is 1. The van der Waals surface area contributed by atoms with Crippen molar-refractivity contribution in [2.45, 2.75) is 33.2 Å². The van der Waals surface area contributed by atoms with E-state index in [1.165, 1.54) is 6.07 Å². The maximum Gasteiger partial charge on any atom is 0.123 e. The zero-order chi connectivity index (χ0) is 10.7. The van der Waals surface area contributed by atoms with Crippen LogP contribution in [-0.2, 0) is 0 Å². The van der Waals surface area contributed by atoms with Crippen LogP contribution in [0.2, 0.25) is 0 Å². The van der Waals surface area contributed by atoms with E-state index in [0.717, 1.165) is 17.5 Å². The van der Waals surface area contributed by atoms with Gasteiger partial charge in [-0.15, -0.1) is 0 Å². The van der Waals surface area contributed by atoms with Crippen molar-refractivity contribution in [1.82, 2.24) is 0 Å². The van der Waals surface area contributed by atoms with Crippen LogP contribution in [0.5, 0.6) is 0 Å². The zero-order valence-electron chi connectivity index (χ0n) is 9.05. The van der Waals surface area contributed by atoms with Crippen LogP contribution >= 0.6 is 0 Å². The second-order valence-corrected chi connectivity index (χ2v) is 3.91. The number of halogens is 1. The predicted octanol–water partition coefficient (Wildman–Crippen LogP) is 3.18. The second kappa shape index (κ2) is 4.56. The fraction of sp³-hybridized carbons (Fsp3) is 0.500. The van der Waals surface area contributed by atoms with E-state index < -0.39 is 0 Å². The Balaban J connectivity index is 2.99. The highest BCUT2D eigenvalue weighted by molar-refractivity contribution is 5.29. The first-order valence-corrected chi connectivity index (χ1v) is 5.08. The number of benzene rings is 1. The summed E-state index contributed by atoms with van der Waals surface area (Å²) in [6.45, 7) is 6.16. The summed E-state index contributed by atoms with van der Waals surface area (Å²) in [6, 6.07) is 4.75. The Morgan fingerprint density at radius 1 is 1.43 bits per heavy atom. The lowest BCUT2D eigenvalue weighted by Gasteiger charge is -2.20. The van der Waals surface area contributed by atoms with Crippen LogP contribution in [0.15, 0.2) is 18.2 Å². The van der Waals surface area contributed by atoms with E-state index in [4.69, 9.17) is 5.73 Å². The van der Waals surface area contributed by atoms with Gasteiger partial charge in [0.1, 0.15) is 5.82 Å². The molecule has 0 fully saturated rings. The lowest BCUT2D eigenvalue weighted by Crippen LogP contribution is -2.19. The number of rotatable bonds is 3. The van der Waals surface area contributed by atoms with Crippen molar-refractivity contribution in [3.63, 3.8) is 0 Å². The van der Waals surface area contributed by atoms with Crippen molar-refractivity contribution in [1.29, 1.82) is 0 Å². The Kier molecular flexibility index (Phi) is 3.64. The highest BCUT2D eigenvalue weighted by atomic mass is 19.1. The van der Waals surface area contributed by atoms with Gasteiger partial charge in [0, 0.05) is 6.04 Å². The summed E-state index contributed by atoms with van der Waals surface area (Å²) in [7, 11) is 0. The van der Waals surface area contributed by atoms with Crippen LogP contribution in [0.25, 0.3) is 0 Å². The number of nitrogens with two attached hydrogens (primary N) is 1. The van der Waals surface area contributed by atoms with Gasteiger partial charge in [0.05, 0.1) is 0 Å². The van der Waals surface area contributed by atoms with E-state index in [0.29, 0.717) is 5.92 Å². The van der Waals surface area contributed by atoms with Crippen LogP contribution in [0.4, 0.5) is 4.39 Å². The highest BCUT2D eigenvalue weighted by Crippen LogP contribution is 2.25. The number of hydrogen-bond acceptors (Lipinski definition) is 1. The molecule has 0 radical (unpaired) electrons. The first-order valence-electron chi connectivity index (χ1n) is 5.08. The van der Waals surface area contributed by atoms with Crippen molar-refractivity contribution in [3.05, 3.63) is 35.1 Å². The minimum atomic E-state index is -0.204. The van der Waals surface area contributed by atoms with Crippen LogP contribution in [-0.4, -0.2) is 0 Å². The van der Waals surface area contributed by atoms with E-state index in [2.05, 4.69) is 13.8 Å². The van der Waals surface area contributed by atoms with Crippen LogP contribution in [0.3, 0.4) is 0 Å². The average Bonchev–Trinajstić information content (AvgIpc) is 2.19. The quantitative estimate of drug-likeness (QED) is 0.787. The van der Waals surface area contributed by atoms with Gasteiger partial charge in [-0.05, 0) is 36.1 Å². The molecule has 2 heteroatoms. The molecule has 0 aliphatic carbocycles. The molecule has 0 bridgehead atoms. The third-order valence-electron chi connectivity index (χ3n) is 2.86. The van der Waals surface area contributed by atoms with Crippen molar-refractivity contribution in [3.8, 4) is 0 Å². The molecule has 1 aromatic rings. The molecule has 2 unspecified atom stereocenters. The minimum Gasteiger partial charge on any atom is -0.324 e. The Bertz CT molecular complexity index is 309. The fourth-order valence-corrected chi connectivity index (χ4v) is 1.53. The molecule has 1 nitrogen and oxygen atoms in total. The second-order valence-electron chi connectivity index (χ2n) is 3.91. The molecule has 0 amide bonds. The standard InChI is InChI=1S/C12H18FN/c1-4-8(2)12(14)11-7-10(13)6-5-9(11)3/h5-8,12H,4,14H2,1-3H3. The summed E-state index contributed by atoms with van der Waals surface area (Å²) in [5.41, 5.74) is 8.05. The summed E-state index contributed by atoms with van der Waals surface area (Å²) < 4.78 is 13.0. The average molecular weight is 195 g/mol. The molecule has 0 aliphatic rings. The summed E-state index contributed by atoms with van der Waals surface area (Å²) in [5.74, 6) is 0.180. The van der Waals surface area contributed by atoms with Crippen LogP contribution < -0.4 is 5.73 Å². The molecule has 2 N–H and O–H groups in total. The van der Waals surface area contributed by atoms with Gasteiger partial charge in [-0.25, -0.2) is 4.39 Å². The van der Waals surface area contributed by atoms with Gasteiger partial charge in [-0.1, -0.05) is 26.3 Å². The third-order valence-corrected chi connectivity index (χ3v) is 2.86. The van der Waals surface area contributed by atoms with Crippen molar-refractivity contribution in [2.24, 2.45) is 11.7 Å². The molecule has 0 heterocycles. The lowest BCUT2D eigenvalue weighted by molar-refractivity contribution is 0.453. The monoisotopic (exact) mass is 195 g/mol. The first kappa shape index (κ1) is 11.2. The SMILES string of the molecule is CCC(C)C(N)c1cc(F)ccc1C. The van der Waals surface area contributed by atoms with Crippen LogP contribution in [0, 0.1) is 18.7 Å². The summed E-state index contributed by atoms with van der Waals surface area (Å²) in [4.78, 5) is 0. The van der Waals surface area contributed by atoms with E-state index in [9.17, 15) is 4.39 Å². The first-order chi connectivity index (χ1) is 6.56. The maximum atomic E-state index is 13.0. The molecule has 78 valence electrons. The van der Waals surface area contributed by atoms with E-state index >= 15 is 0 Å². The molecule has 0 saturated heterocycles. The van der Waals surface area contributed by atoms with Gasteiger partial charge in [-0.3, -0.25) is 0 Å². The van der Waals surface area contributed by atoms with Gasteiger partial charge >= 0.3 is 0 Å². The van der Waals surface area contributed by atoms with Crippen molar-refractivity contribution in [2.75, 3.05) is 0 Å². The molecular weight excluding hydrogens is 177 g/mol. The zero-order valence-corrected chi connectivity index (χ0v) is 9.05. The molecule has 2 atom stereocenters. The van der Waals surface area contributed by atoms with Gasteiger partial charge in [0.15, 0.2) is 0 Å². The normalized spacial score (nSPS) is 15.2. The Morgan fingerprint density at radius 3 is 2.64 bits per heavy atom. The summed E-state index contributed by atoms with van der Waals surface area (Å²) in [5, 5.41) is 0. The maximum absolute atomic E-state index is 13.0. The van der Waals surface area contributed by atoms with Gasteiger partial charge in [-0.2, -0.15) is 0 Å². The summed E-state index contributed by atoms with van der Waals surface area (Å²) >= 11 is 0. The number of aryl methyl sites for hydroxylation is 1. The molecule has 1 rings (SSSR count). The predicted molar refractivity (Wildman–Crippen MR) is 57.5 cm³/mol. The summed E-state index contributed by atoms with van der Waals surface area (Å²) in [6.07, 6.45) is 1.01. The largest absolute Gasteiger partial charge is 0.324 e. The van der Waals surface area contributed by atoms with Crippen molar-refractivity contribution >= 4 is 0 Å². The van der Waals surface area contributed by atoms with E-state index in [-0.39, 0.29) is 11.9 Å². The van der Waals surface area contributed by atoms with Gasteiger partial charge < -0.3 is 5.73 Å². The van der Waals surface area contributed by atoms with E-state index in [1.807, 2.05) is 6.92 Å². The Labute approximate surface area is 85.1 Å². The Morgan fingerprint density at radius 2 is 2.07 bits per heavy atom. The molecule has 0 saturated carbocycles. The van der Waals surface area contributed by atoms with E-state index in [1.54, 1.807) is 12.1 Å². The van der Waals surface area contributed by atoms with Crippen molar-refractivity contribution < 1.29 is 4.39 Å². The Hall–Kier alpha value is -0.890. The molecule has 0 aromatic heterocycles. The molecule has 1 aromatic carbocycles. The molecular formula is C12H18FN.